The molecule has 0 N–H and O–H groups in total. The van der Waals surface area contributed by atoms with Crippen molar-refractivity contribution < 1.29 is 9.47 Å². The first-order valence-electron chi connectivity index (χ1n) is 9.11. The number of halogens is 1. The van der Waals surface area contributed by atoms with Crippen LogP contribution < -0.4 is 10.3 Å². The summed E-state index contributed by atoms with van der Waals surface area (Å²) in [6, 6.07) is 9.59. The van der Waals surface area contributed by atoms with Crippen LogP contribution in [0.2, 0.25) is 5.02 Å². The fourth-order valence-corrected chi connectivity index (χ4v) is 5.00. The highest BCUT2D eigenvalue weighted by Crippen LogP contribution is 2.37. The number of hydrogen-bond acceptors (Lipinski definition) is 4. The van der Waals surface area contributed by atoms with Crippen LogP contribution in [0.3, 0.4) is 0 Å². The van der Waals surface area contributed by atoms with E-state index < -0.39 is 0 Å². The zero-order valence-electron chi connectivity index (χ0n) is 14.5. The topological polar surface area (TPSA) is 43.7 Å². The molecule has 26 heavy (non-hydrogen) atoms. The third-order valence-electron chi connectivity index (χ3n) is 5.70. The van der Waals surface area contributed by atoms with Gasteiger partial charge >= 0.3 is 0 Å². The van der Waals surface area contributed by atoms with E-state index in [1.807, 2.05) is 22.8 Å². The van der Waals surface area contributed by atoms with Crippen molar-refractivity contribution >= 4 is 11.6 Å². The second-order valence-corrected chi connectivity index (χ2v) is 7.99. The minimum absolute atomic E-state index is 0.128. The molecule has 1 aromatic carbocycles. The van der Waals surface area contributed by atoms with Gasteiger partial charge in [-0.1, -0.05) is 17.7 Å². The van der Waals surface area contributed by atoms with E-state index in [4.69, 9.17) is 21.1 Å². The lowest BCUT2D eigenvalue weighted by Crippen LogP contribution is -2.46. The number of ether oxygens (including phenoxy) is 2. The van der Waals surface area contributed by atoms with Gasteiger partial charge < -0.3 is 14.0 Å². The standard InChI is InChI=1S/C20H21ClN2O3/c21-17-5-15(20-16(6-17)11-25-12-26-20)10-22-7-13-4-14(9-22)18-2-1-3-19(24)23(18)8-13/h1-3,5-6,13-14H,4,7-12H2. The molecule has 1 aromatic heterocycles. The van der Waals surface area contributed by atoms with Crippen molar-refractivity contribution in [2.75, 3.05) is 19.9 Å². The number of fused-ring (bicyclic) bond motifs is 5. The zero-order valence-corrected chi connectivity index (χ0v) is 15.2. The number of pyridine rings is 1. The van der Waals surface area contributed by atoms with E-state index >= 15 is 0 Å². The first-order chi connectivity index (χ1) is 12.7. The van der Waals surface area contributed by atoms with Crippen LogP contribution in [0.1, 0.15) is 29.2 Å². The number of rotatable bonds is 2. The van der Waals surface area contributed by atoms with Crippen molar-refractivity contribution in [2.24, 2.45) is 5.92 Å². The van der Waals surface area contributed by atoms with Gasteiger partial charge in [-0.15, -0.1) is 0 Å². The average molecular weight is 373 g/mol. The summed E-state index contributed by atoms with van der Waals surface area (Å²) in [5.74, 6) is 1.85. The Morgan fingerprint density at radius 3 is 3.04 bits per heavy atom. The van der Waals surface area contributed by atoms with Crippen molar-refractivity contribution in [1.82, 2.24) is 9.47 Å². The fraction of sp³-hybridized carbons (Fsp3) is 0.450. The molecule has 0 radical (unpaired) electrons. The van der Waals surface area contributed by atoms with Crippen LogP contribution in [0.5, 0.6) is 5.75 Å². The Hall–Kier alpha value is -1.82. The number of benzene rings is 1. The van der Waals surface area contributed by atoms with Crippen LogP contribution in [-0.4, -0.2) is 29.3 Å². The number of piperidine rings is 1. The Balaban J connectivity index is 1.42. The van der Waals surface area contributed by atoms with E-state index in [0.29, 0.717) is 25.2 Å². The Kier molecular flexibility index (Phi) is 4.03. The van der Waals surface area contributed by atoms with Gasteiger partial charge in [0.2, 0.25) is 0 Å². The molecule has 3 aliphatic rings. The molecule has 1 fully saturated rings. The van der Waals surface area contributed by atoms with Crippen molar-refractivity contribution in [3.8, 4) is 5.75 Å². The molecular formula is C20H21ClN2O3. The van der Waals surface area contributed by atoms with Crippen molar-refractivity contribution in [2.45, 2.75) is 32.0 Å². The molecule has 0 saturated carbocycles. The second-order valence-electron chi connectivity index (χ2n) is 7.56. The zero-order chi connectivity index (χ0) is 17.7. The van der Waals surface area contributed by atoms with Crippen LogP contribution in [0.15, 0.2) is 35.1 Å². The number of likely N-dealkylation sites (tertiary alicyclic amines) is 1. The highest BCUT2D eigenvalue weighted by molar-refractivity contribution is 6.30. The number of aromatic nitrogens is 1. The molecule has 0 aliphatic carbocycles. The molecule has 0 amide bonds. The molecule has 5 rings (SSSR count). The molecule has 2 unspecified atom stereocenters. The van der Waals surface area contributed by atoms with Crippen LogP contribution >= 0.6 is 11.6 Å². The summed E-state index contributed by atoms with van der Waals surface area (Å²) >= 11 is 6.31. The Morgan fingerprint density at radius 1 is 1.19 bits per heavy atom. The Labute approximate surface area is 157 Å². The van der Waals surface area contributed by atoms with Gasteiger partial charge in [0.1, 0.15) is 5.75 Å². The van der Waals surface area contributed by atoms with Crippen LogP contribution in [0.25, 0.3) is 0 Å². The fourth-order valence-electron chi connectivity index (χ4n) is 4.74. The maximum Gasteiger partial charge on any atom is 0.250 e. The van der Waals surface area contributed by atoms with Gasteiger partial charge in [0.05, 0.1) is 6.61 Å². The van der Waals surface area contributed by atoms with Crippen LogP contribution in [0.4, 0.5) is 0 Å². The lowest BCUT2D eigenvalue weighted by molar-refractivity contribution is -0.0177. The number of hydrogen-bond donors (Lipinski definition) is 0. The maximum atomic E-state index is 12.2. The van der Waals surface area contributed by atoms with Gasteiger partial charge in [0.15, 0.2) is 6.79 Å². The molecule has 2 bridgehead atoms. The van der Waals surface area contributed by atoms with E-state index in [1.165, 1.54) is 5.69 Å². The first kappa shape index (κ1) is 16.4. The third kappa shape index (κ3) is 2.84. The summed E-state index contributed by atoms with van der Waals surface area (Å²) in [5, 5.41) is 0.724. The third-order valence-corrected chi connectivity index (χ3v) is 5.92. The summed E-state index contributed by atoms with van der Waals surface area (Å²) < 4.78 is 13.1. The molecule has 4 heterocycles. The largest absolute Gasteiger partial charge is 0.467 e. The minimum atomic E-state index is 0.128. The predicted octanol–water partition coefficient (Wildman–Crippen LogP) is 2.99. The smallest absolute Gasteiger partial charge is 0.250 e. The molecule has 5 nitrogen and oxygen atoms in total. The van der Waals surface area contributed by atoms with Crippen LogP contribution in [-0.2, 0) is 24.4 Å². The molecular weight excluding hydrogens is 352 g/mol. The molecule has 0 spiro atoms. The molecule has 2 aromatic rings. The lowest BCUT2D eigenvalue weighted by Gasteiger charge is -2.43. The second kappa shape index (κ2) is 6.41. The predicted molar refractivity (Wildman–Crippen MR) is 98.6 cm³/mol. The van der Waals surface area contributed by atoms with Gasteiger partial charge in [0.25, 0.3) is 5.56 Å². The van der Waals surface area contributed by atoms with E-state index in [2.05, 4.69) is 11.0 Å². The van der Waals surface area contributed by atoms with Crippen molar-refractivity contribution in [3.63, 3.8) is 0 Å². The normalized spacial score (nSPS) is 24.5. The molecule has 3 aliphatic heterocycles. The number of nitrogens with zero attached hydrogens (tertiary/aromatic N) is 2. The van der Waals surface area contributed by atoms with E-state index in [1.54, 1.807) is 6.07 Å². The van der Waals surface area contributed by atoms with Crippen molar-refractivity contribution in [1.29, 1.82) is 0 Å². The minimum Gasteiger partial charge on any atom is -0.467 e. The summed E-state index contributed by atoms with van der Waals surface area (Å²) in [6.45, 7) is 4.42. The van der Waals surface area contributed by atoms with Crippen LogP contribution in [0, 0.1) is 5.92 Å². The highest BCUT2D eigenvalue weighted by atomic mass is 35.5. The quantitative estimate of drug-likeness (QED) is 0.813. The maximum absolute atomic E-state index is 12.2. The Bertz CT molecular complexity index is 910. The lowest BCUT2D eigenvalue weighted by atomic mass is 9.83. The average Bonchev–Trinajstić information content (AvgIpc) is 2.62. The summed E-state index contributed by atoms with van der Waals surface area (Å²) in [5.41, 5.74) is 3.45. The summed E-state index contributed by atoms with van der Waals surface area (Å²) in [6.07, 6.45) is 1.16. The summed E-state index contributed by atoms with van der Waals surface area (Å²) in [4.78, 5) is 14.6. The highest BCUT2D eigenvalue weighted by Gasteiger charge is 2.34. The van der Waals surface area contributed by atoms with E-state index in [-0.39, 0.29) is 5.56 Å². The van der Waals surface area contributed by atoms with Gasteiger partial charge in [0, 0.05) is 60.0 Å². The van der Waals surface area contributed by atoms with Gasteiger partial charge in [-0.2, -0.15) is 0 Å². The molecule has 1 saturated heterocycles. The van der Waals surface area contributed by atoms with E-state index in [9.17, 15) is 4.79 Å². The van der Waals surface area contributed by atoms with Gasteiger partial charge in [-0.05, 0) is 30.5 Å². The monoisotopic (exact) mass is 372 g/mol. The molecule has 2 atom stereocenters. The Morgan fingerprint density at radius 2 is 2.12 bits per heavy atom. The molecule has 136 valence electrons. The molecule has 6 heteroatoms. The SMILES string of the molecule is O=c1cccc2n1CC1CC2CN(Cc2cc(Cl)cc3c2OCOC3)C1. The van der Waals surface area contributed by atoms with Crippen molar-refractivity contribution in [3.05, 3.63) is 62.5 Å². The van der Waals surface area contributed by atoms with E-state index in [0.717, 1.165) is 54.5 Å². The van der Waals surface area contributed by atoms with Gasteiger partial charge in [-0.3, -0.25) is 9.69 Å². The first-order valence-corrected chi connectivity index (χ1v) is 9.49. The summed E-state index contributed by atoms with van der Waals surface area (Å²) in [7, 11) is 0. The van der Waals surface area contributed by atoms with Gasteiger partial charge in [-0.25, -0.2) is 0 Å².